The number of thioether (sulfide) groups is 1. The van der Waals surface area contributed by atoms with E-state index in [-0.39, 0.29) is 5.91 Å². The number of amides is 1. The first kappa shape index (κ1) is 18.7. The van der Waals surface area contributed by atoms with Crippen LogP contribution >= 0.6 is 34.7 Å². The molecule has 3 heterocycles. The minimum Gasteiger partial charge on any atom is -0.339 e. The van der Waals surface area contributed by atoms with Gasteiger partial charge in [0.1, 0.15) is 11.4 Å². The minimum atomic E-state index is 0.175. The predicted octanol–water partition coefficient (Wildman–Crippen LogP) is 3.78. The number of hydrogen-bond donors (Lipinski definition) is 0. The lowest BCUT2D eigenvalue weighted by Crippen LogP contribution is -2.48. The third-order valence-electron chi connectivity index (χ3n) is 4.59. The van der Waals surface area contributed by atoms with Gasteiger partial charge in [-0.05, 0) is 29.1 Å². The molecule has 5 nitrogen and oxygen atoms in total. The topological polar surface area (TPSA) is 49.3 Å². The number of thiophene rings is 1. The van der Waals surface area contributed by atoms with Crippen LogP contribution in [0.3, 0.4) is 0 Å². The van der Waals surface area contributed by atoms with E-state index in [1.54, 1.807) is 17.7 Å². The Balaban J connectivity index is 1.27. The van der Waals surface area contributed by atoms with Crippen LogP contribution in [0.4, 0.5) is 0 Å². The van der Waals surface area contributed by atoms with E-state index in [1.165, 1.54) is 17.3 Å². The van der Waals surface area contributed by atoms with Gasteiger partial charge in [-0.25, -0.2) is 9.97 Å². The summed E-state index contributed by atoms with van der Waals surface area (Å²) < 4.78 is 1.06. The molecule has 0 N–H and O–H groups in total. The van der Waals surface area contributed by atoms with E-state index >= 15 is 0 Å². The SMILES string of the molecule is O=C(CSc1ncnc2ccsc12)N1CCN(Cc2ccc(Cl)cc2)CC1. The van der Waals surface area contributed by atoms with Crippen molar-refractivity contribution >= 4 is 50.8 Å². The van der Waals surface area contributed by atoms with Gasteiger partial charge in [0, 0.05) is 37.7 Å². The molecule has 2 aromatic heterocycles. The first-order valence-electron chi connectivity index (χ1n) is 8.74. The lowest BCUT2D eigenvalue weighted by Gasteiger charge is -2.34. The monoisotopic (exact) mass is 418 g/mol. The quantitative estimate of drug-likeness (QED) is 0.466. The Morgan fingerprint density at radius 3 is 2.67 bits per heavy atom. The summed E-state index contributed by atoms with van der Waals surface area (Å²) in [4.78, 5) is 25.5. The van der Waals surface area contributed by atoms with Gasteiger partial charge in [0.15, 0.2) is 0 Å². The van der Waals surface area contributed by atoms with Gasteiger partial charge in [0.25, 0.3) is 0 Å². The van der Waals surface area contributed by atoms with Gasteiger partial charge in [-0.15, -0.1) is 11.3 Å². The summed E-state index contributed by atoms with van der Waals surface area (Å²) in [5.41, 5.74) is 2.19. The number of rotatable bonds is 5. The molecular weight excluding hydrogens is 400 g/mol. The average molecular weight is 419 g/mol. The van der Waals surface area contributed by atoms with Crippen molar-refractivity contribution in [2.75, 3.05) is 31.9 Å². The van der Waals surface area contributed by atoms with Gasteiger partial charge in [-0.1, -0.05) is 35.5 Å². The smallest absolute Gasteiger partial charge is 0.233 e. The van der Waals surface area contributed by atoms with Gasteiger partial charge in [-0.2, -0.15) is 0 Å². The molecule has 3 aromatic rings. The molecule has 4 rings (SSSR count). The highest BCUT2D eigenvalue weighted by Gasteiger charge is 2.21. The van der Waals surface area contributed by atoms with Gasteiger partial charge in [0.05, 0.1) is 16.0 Å². The van der Waals surface area contributed by atoms with Crippen LogP contribution in [0.25, 0.3) is 10.2 Å². The molecule has 0 radical (unpaired) electrons. The van der Waals surface area contributed by atoms with E-state index in [9.17, 15) is 4.79 Å². The Kier molecular flexibility index (Phi) is 5.92. The molecule has 1 amide bonds. The van der Waals surface area contributed by atoms with E-state index in [0.29, 0.717) is 5.75 Å². The Morgan fingerprint density at radius 2 is 1.89 bits per heavy atom. The van der Waals surface area contributed by atoms with Crippen molar-refractivity contribution in [2.45, 2.75) is 11.6 Å². The summed E-state index contributed by atoms with van der Waals surface area (Å²) in [6.07, 6.45) is 1.57. The summed E-state index contributed by atoms with van der Waals surface area (Å²) in [5.74, 6) is 0.593. The van der Waals surface area contributed by atoms with Crippen molar-refractivity contribution in [2.24, 2.45) is 0 Å². The number of fused-ring (bicyclic) bond motifs is 1. The number of hydrogen-bond acceptors (Lipinski definition) is 6. The summed E-state index contributed by atoms with van der Waals surface area (Å²) in [6, 6.07) is 9.94. The number of halogens is 1. The second-order valence-electron chi connectivity index (χ2n) is 6.39. The lowest BCUT2D eigenvalue weighted by molar-refractivity contribution is -0.130. The van der Waals surface area contributed by atoms with Crippen molar-refractivity contribution in [3.63, 3.8) is 0 Å². The number of aromatic nitrogens is 2. The van der Waals surface area contributed by atoms with E-state index in [1.807, 2.05) is 28.5 Å². The van der Waals surface area contributed by atoms with Gasteiger partial charge in [0.2, 0.25) is 5.91 Å². The zero-order chi connectivity index (χ0) is 18.6. The molecule has 1 aliphatic rings. The number of nitrogens with zero attached hydrogens (tertiary/aromatic N) is 4. The van der Waals surface area contributed by atoms with Gasteiger partial charge < -0.3 is 4.90 Å². The van der Waals surface area contributed by atoms with E-state index in [2.05, 4.69) is 27.0 Å². The maximum atomic E-state index is 12.6. The van der Waals surface area contributed by atoms with Crippen LogP contribution in [-0.4, -0.2) is 57.6 Å². The Hall–Kier alpha value is -1.67. The summed E-state index contributed by atoms with van der Waals surface area (Å²) in [5, 5.41) is 3.66. The van der Waals surface area contributed by atoms with Crippen LogP contribution in [0.2, 0.25) is 5.02 Å². The molecule has 0 unspecified atom stereocenters. The van der Waals surface area contributed by atoms with Crippen molar-refractivity contribution in [3.05, 3.63) is 52.6 Å². The zero-order valence-electron chi connectivity index (χ0n) is 14.7. The molecule has 27 heavy (non-hydrogen) atoms. The van der Waals surface area contributed by atoms with Crippen LogP contribution in [0, 0.1) is 0 Å². The van der Waals surface area contributed by atoms with Crippen LogP contribution in [-0.2, 0) is 11.3 Å². The highest BCUT2D eigenvalue weighted by Crippen LogP contribution is 2.28. The molecule has 1 fully saturated rings. The number of piperazine rings is 1. The van der Waals surface area contributed by atoms with Crippen LogP contribution < -0.4 is 0 Å². The molecule has 8 heteroatoms. The molecule has 1 aromatic carbocycles. The second-order valence-corrected chi connectivity index (χ2v) is 8.70. The van der Waals surface area contributed by atoms with E-state index < -0.39 is 0 Å². The van der Waals surface area contributed by atoms with Crippen molar-refractivity contribution < 1.29 is 4.79 Å². The molecular formula is C19H19ClN4OS2. The fourth-order valence-electron chi connectivity index (χ4n) is 3.09. The first-order chi connectivity index (χ1) is 13.2. The van der Waals surface area contributed by atoms with E-state index in [0.717, 1.165) is 53.0 Å². The average Bonchev–Trinajstić information content (AvgIpc) is 3.18. The van der Waals surface area contributed by atoms with Crippen LogP contribution in [0.15, 0.2) is 47.1 Å². The Morgan fingerprint density at radius 1 is 1.11 bits per heavy atom. The lowest BCUT2D eigenvalue weighted by atomic mass is 10.2. The van der Waals surface area contributed by atoms with Crippen molar-refractivity contribution in [1.82, 2.24) is 19.8 Å². The fourth-order valence-corrected chi connectivity index (χ4v) is 5.07. The molecule has 0 bridgehead atoms. The number of benzene rings is 1. The maximum Gasteiger partial charge on any atom is 0.233 e. The van der Waals surface area contributed by atoms with Crippen LogP contribution in [0.1, 0.15) is 5.56 Å². The van der Waals surface area contributed by atoms with E-state index in [4.69, 9.17) is 11.6 Å². The van der Waals surface area contributed by atoms with Gasteiger partial charge >= 0.3 is 0 Å². The van der Waals surface area contributed by atoms with Gasteiger partial charge in [-0.3, -0.25) is 9.69 Å². The Labute approximate surface area is 171 Å². The standard InChI is InChI=1S/C19H19ClN4OS2/c20-15-3-1-14(2-4-15)11-23-6-8-24(9-7-23)17(25)12-27-19-18-16(5-10-26-18)21-13-22-19/h1-5,10,13H,6-9,11-12H2. The van der Waals surface area contributed by atoms with Crippen molar-refractivity contribution in [3.8, 4) is 0 Å². The third-order valence-corrected chi connectivity index (χ3v) is 6.85. The number of carbonyl (C=O) groups is 1. The normalized spacial score (nSPS) is 15.4. The largest absolute Gasteiger partial charge is 0.339 e. The number of carbonyl (C=O) groups excluding carboxylic acids is 1. The summed E-state index contributed by atoms with van der Waals surface area (Å²) in [7, 11) is 0. The summed E-state index contributed by atoms with van der Waals surface area (Å²) >= 11 is 9.06. The molecule has 1 aliphatic heterocycles. The van der Waals surface area contributed by atoms with Crippen molar-refractivity contribution in [1.29, 1.82) is 0 Å². The Bertz CT molecular complexity index is 923. The third kappa shape index (κ3) is 4.60. The molecule has 0 aliphatic carbocycles. The second kappa shape index (κ2) is 8.56. The minimum absolute atomic E-state index is 0.175. The molecule has 0 saturated carbocycles. The zero-order valence-corrected chi connectivity index (χ0v) is 17.1. The molecule has 0 spiro atoms. The summed E-state index contributed by atoms with van der Waals surface area (Å²) in [6.45, 7) is 4.21. The molecule has 1 saturated heterocycles. The highest BCUT2D eigenvalue weighted by molar-refractivity contribution is 8.00. The highest BCUT2D eigenvalue weighted by atomic mass is 35.5. The molecule has 140 valence electrons. The maximum absolute atomic E-state index is 12.6. The predicted molar refractivity (Wildman–Crippen MR) is 111 cm³/mol. The fraction of sp³-hybridized carbons (Fsp3) is 0.316. The first-order valence-corrected chi connectivity index (χ1v) is 11.0. The van der Waals surface area contributed by atoms with Crippen LogP contribution in [0.5, 0.6) is 0 Å². The molecule has 0 atom stereocenters.